The van der Waals surface area contributed by atoms with Gasteiger partial charge in [0.2, 0.25) is 0 Å². The van der Waals surface area contributed by atoms with E-state index in [1.807, 2.05) is 24.3 Å². The number of hydrogen-bond donors (Lipinski definition) is 4. The zero-order valence-corrected chi connectivity index (χ0v) is 21.0. The van der Waals surface area contributed by atoms with E-state index in [4.69, 9.17) is 23.2 Å². The minimum atomic E-state index is -1.07. The molecule has 0 aliphatic heterocycles. The van der Waals surface area contributed by atoms with Crippen LogP contribution in [-0.2, 0) is 4.79 Å². The first kappa shape index (κ1) is 25.8. The fourth-order valence-electron chi connectivity index (χ4n) is 4.63. The highest BCUT2D eigenvalue weighted by molar-refractivity contribution is 6.39. The van der Waals surface area contributed by atoms with Crippen LogP contribution in [0, 0.1) is 5.92 Å². The van der Waals surface area contributed by atoms with Crippen molar-refractivity contribution >= 4 is 63.3 Å². The zero-order valence-electron chi connectivity index (χ0n) is 19.5. The average Bonchev–Trinajstić information content (AvgIpc) is 2.86. The Kier molecular flexibility index (Phi) is 8.33. The Labute approximate surface area is 219 Å². The molecule has 1 saturated carbocycles. The van der Waals surface area contributed by atoms with Crippen molar-refractivity contribution in [2.45, 2.75) is 44.6 Å². The summed E-state index contributed by atoms with van der Waals surface area (Å²) < 4.78 is 0. The maximum absolute atomic E-state index is 13.3. The summed E-state index contributed by atoms with van der Waals surface area (Å²) in [6.45, 7) is 0. The third-order valence-electron chi connectivity index (χ3n) is 6.48. The number of carboxylic acids is 1. The van der Waals surface area contributed by atoms with Gasteiger partial charge in [0.15, 0.2) is 0 Å². The quantitative estimate of drug-likeness (QED) is 0.266. The van der Waals surface area contributed by atoms with Crippen molar-refractivity contribution in [2.75, 3.05) is 10.6 Å². The Morgan fingerprint density at radius 1 is 0.889 bits per heavy atom. The molecule has 9 heteroatoms. The lowest BCUT2D eigenvalue weighted by molar-refractivity contribution is -0.139. The molecule has 0 unspecified atom stereocenters. The van der Waals surface area contributed by atoms with E-state index < -0.39 is 23.9 Å². The number of benzene rings is 3. The molecule has 0 spiro atoms. The third-order valence-corrected chi connectivity index (χ3v) is 7.11. The van der Waals surface area contributed by atoms with Crippen molar-refractivity contribution in [3.05, 3.63) is 70.2 Å². The minimum Gasteiger partial charge on any atom is -0.480 e. The number of nitrogens with one attached hydrogen (secondary N) is 3. The topological polar surface area (TPSA) is 108 Å². The van der Waals surface area contributed by atoms with Gasteiger partial charge in [-0.25, -0.2) is 9.59 Å². The molecule has 7 nitrogen and oxygen atoms in total. The largest absolute Gasteiger partial charge is 0.480 e. The summed E-state index contributed by atoms with van der Waals surface area (Å²) >= 11 is 12.3. The molecule has 3 aromatic rings. The molecule has 1 aliphatic carbocycles. The van der Waals surface area contributed by atoms with E-state index in [-0.39, 0.29) is 32.9 Å². The molecule has 1 aliphatic rings. The Bertz CT molecular complexity index is 1270. The summed E-state index contributed by atoms with van der Waals surface area (Å²) in [6, 6.07) is 13.9. The lowest BCUT2D eigenvalue weighted by Crippen LogP contribution is -2.42. The van der Waals surface area contributed by atoms with E-state index in [1.54, 1.807) is 30.3 Å². The molecule has 0 aromatic heterocycles. The highest BCUT2D eigenvalue weighted by Crippen LogP contribution is 2.31. The number of carbonyl (C=O) groups excluding carboxylic acids is 2. The number of hydrogen-bond acceptors (Lipinski definition) is 3. The molecule has 188 valence electrons. The SMILES string of the molecule is O=C(Nc1cc2ccccc2cc1C(=O)N[C@@H](CC1CCCCC1)C(=O)O)Nc1c(Cl)cccc1Cl. The maximum atomic E-state index is 13.3. The van der Waals surface area contributed by atoms with Gasteiger partial charge in [0.05, 0.1) is 27.0 Å². The number of rotatable bonds is 7. The number of anilines is 2. The van der Waals surface area contributed by atoms with Crippen LogP contribution in [-0.4, -0.2) is 29.1 Å². The molecule has 1 atom stereocenters. The van der Waals surface area contributed by atoms with Gasteiger partial charge in [-0.2, -0.15) is 0 Å². The van der Waals surface area contributed by atoms with Gasteiger partial charge in [0.1, 0.15) is 6.04 Å². The number of halogens is 2. The predicted octanol–water partition coefficient (Wildman–Crippen LogP) is 6.94. The number of fused-ring (bicyclic) bond motifs is 1. The van der Waals surface area contributed by atoms with Crippen LogP contribution < -0.4 is 16.0 Å². The molecule has 36 heavy (non-hydrogen) atoms. The van der Waals surface area contributed by atoms with Crippen molar-refractivity contribution in [1.82, 2.24) is 5.32 Å². The van der Waals surface area contributed by atoms with Gasteiger partial charge in [-0.05, 0) is 47.4 Å². The standard InChI is InChI=1S/C27H27Cl2N3O4/c28-20-11-6-12-21(29)24(20)32-27(36)31-22-15-18-10-5-4-9-17(18)14-19(22)25(33)30-23(26(34)35)13-16-7-2-1-3-8-16/h4-6,9-12,14-16,23H,1-3,7-8,13H2,(H,30,33)(H,34,35)(H2,31,32,36)/t23-/m0/s1. The van der Waals surface area contributed by atoms with Gasteiger partial charge >= 0.3 is 12.0 Å². The summed E-state index contributed by atoms with van der Waals surface area (Å²) in [5.41, 5.74) is 0.626. The molecule has 0 bridgehead atoms. The van der Waals surface area contributed by atoms with E-state index >= 15 is 0 Å². The molecule has 3 aromatic carbocycles. The molecule has 4 N–H and O–H groups in total. The normalized spacial score (nSPS) is 14.7. The van der Waals surface area contributed by atoms with E-state index in [1.165, 1.54) is 0 Å². The first-order chi connectivity index (χ1) is 17.3. The van der Waals surface area contributed by atoms with Crippen LogP contribution in [0.2, 0.25) is 10.0 Å². The van der Waals surface area contributed by atoms with Crippen LogP contribution in [0.25, 0.3) is 10.8 Å². The van der Waals surface area contributed by atoms with Crippen molar-refractivity contribution in [1.29, 1.82) is 0 Å². The van der Waals surface area contributed by atoms with E-state index in [2.05, 4.69) is 16.0 Å². The second kappa shape index (κ2) is 11.6. The molecule has 0 radical (unpaired) electrons. The van der Waals surface area contributed by atoms with E-state index in [0.717, 1.165) is 42.9 Å². The van der Waals surface area contributed by atoms with Crippen LogP contribution in [0.3, 0.4) is 0 Å². The maximum Gasteiger partial charge on any atom is 0.326 e. The van der Waals surface area contributed by atoms with Crippen LogP contribution in [0.4, 0.5) is 16.2 Å². The van der Waals surface area contributed by atoms with Gasteiger partial charge in [-0.15, -0.1) is 0 Å². The molecular formula is C27H27Cl2N3O4. The zero-order chi connectivity index (χ0) is 25.7. The van der Waals surface area contributed by atoms with Gasteiger partial charge in [0.25, 0.3) is 5.91 Å². The second-order valence-electron chi connectivity index (χ2n) is 9.02. The van der Waals surface area contributed by atoms with Crippen LogP contribution in [0.5, 0.6) is 0 Å². The third kappa shape index (κ3) is 6.28. The molecule has 0 saturated heterocycles. The van der Waals surface area contributed by atoms with Crippen LogP contribution >= 0.6 is 23.2 Å². The average molecular weight is 528 g/mol. The Balaban J connectivity index is 1.59. The summed E-state index contributed by atoms with van der Waals surface area (Å²) in [7, 11) is 0. The molecular weight excluding hydrogens is 501 g/mol. The van der Waals surface area contributed by atoms with Crippen molar-refractivity contribution in [3.8, 4) is 0 Å². The number of para-hydroxylation sites is 1. The Hall–Kier alpha value is -3.29. The summed E-state index contributed by atoms with van der Waals surface area (Å²) in [5.74, 6) is -1.38. The molecule has 3 amide bonds. The fraction of sp³-hybridized carbons (Fsp3) is 0.296. The fourth-order valence-corrected chi connectivity index (χ4v) is 5.12. The van der Waals surface area contributed by atoms with Crippen molar-refractivity contribution in [2.24, 2.45) is 5.92 Å². The molecule has 0 heterocycles. The number of aliphatic carboxylic acids is 1. The highest BCUT2D eigenvalue weighted by Gasteiger charge is 2.27. The highest BCUT2D eigenvalue weighted by atomic mass is 35.5. The van der Waals surface area contributed by atoms with Gasteiger partial charge in [-0.1, -0.05) is 85.6 Å². The number of urea groups is 1. The first-order valence-corrected chi connectivity index (χ1v) is 12.7. The molecule has 4 rings (SSSR count). The van der Waals surface area contributed by atoms with Crippen LogP contribution in [0.15, 0.2) is 54.6 Å². The lowest BCUT2D eigenvalue weighted by atomic mass is 9.85. The number of amides is 3. The number of carbonyl (C=O) groups is 3. The monoisotopic (exact) mass is 527 g/mol. The van der Waals surface area contributed by atoms with E-state index in [0.29, 0.717) is 6.42 Å². The summed E-state index contributed by atoms with van der Waals surface area (Å²) in [6.07, 6.45) is 5.63. The predicted molar refractivity (Wildman–Crippen MR) is 143 cm³/mol. The smallest absolute Gasteiger partial charge is 0.326 e. The van der Waals surface area contributed by atoms with Crippen molar-refractivity contribution in [3.63, 3.8) is 0 Å². The Morgan fingerprint density at radius 3 is 2.17 bits per heavy atom. The second-order valence-corrected chi connectivity index (χ2v) is 9.84. The Morgan fingerprint density at radius 2 is 1.53 bits per heavy atom. The van der Waals surface area contributed by atoms with Crippen LogP contribution in [0.1, 0.15) is 48.9 Å². The van der Waals surface area contributed by atoms with Gasteiger partial charge in [-0.3, -0.25) is 4.79 Å². The number of carboxylic acid groups (broad SMARTS) is 1. The lowest BCUT2D eigenvalue weighted by Gasteiger charge is -2.25. The summed E-state index contributed by atoms with van der Waals surface area (Å²) in [4.78, 5) is 38.1. The van der Waals surface area contributed by atoms with Gasteiger partial charge in [0, 0.05) is 0 Å². The van der Waals surface area contributed by atoms with Crippen molar-refractivity contribution < 1.29 is 19.5 Å². The first-order valence-electron chi connectivity index (χ1n) is 11.9. The van der Waals surface area contributed by atoms with E-state index in [9.17, 15) is 19.5 Å². The molecule has 1 fully saturated rings. The summed E-state index contributed by atoms with van der Waals surface area (Å²) in [5, 5.41) is 19.9. The minimum absolute atomic E-state index is 0.156. The van der Waals surface area contributed by atoms with Gasteiger partial charge < -0.3 is 21.1 Å².